The maximum atomic E-state index is 13.8. The van der Waals surface area contributed by atoms with Gasteiger partial charge in [-0.25, -0.2) is 22.5 Å². The monoisotopic (exact) mass is 482 g/mol. The average molecular weight is 483 g/mol. The van der Waals surface area contributed by atoms with Crippen molar-refractivity contribution in [1.29, 1.82) is 0 Å². The Labute approximate surface area is 191 Å². The van der Waals surface area contributed by atoms with Crippen molar-refractivity contribution in [2.24, 2.45) is 0 Å². The molecule has 2 aliphatic rings. The fourth-order valence-corrected chi connectivity index (χ4v) is 5.86. The number of halogens is 1. The maximum absolute atomic E-state index is 13.8. The van der Waals surface area contributed by atoms with Crippen LogP contribution >= 0.6 is 11.3 Å². The van der Waals surface area contributed by atoms with E-state index in [0.717, 1.165) is 50.0 Å². The molecule has 4 rings (SSSR count). The van der Waals surface area contributed by atoms with Gasteiger partial charge in [0.25, 0.3) is 5.19 Å². The highest BCUT2D eigenvalue weighted by Crippen LogP contribution is 2.25. The number of amides is 1. The Hall–Kier alpha value is -2.08. The second kappa shape index (κ2) is 10.2. The summed E-state index contributed by atoms with van der Waals surface area (Å²) in [7, 11) is -4.07. The molecule has 1 aromatic heterocycles. The minimum atomic E-state index is -4.07. The zero-order valence-corrected chi connectivity index (χ0v) is 19.3. The number of benzene rings is 1. The number of hydrogen-bond acceptors (Lipinski definition) is 7. The van der Waals surface area contributed by atoms with Crippen LogP contribution in [0.2, 0.25) is 0 Å². The fraction of sp³-hybridized carbons (Fsp3) is 0.524. The number of ether oxygens (including phenoxy) is 1. The zero-order valence-electron chi connectivity index (χ0n) is 17.7. The summed E-state index contributed by atoms with van der Waals surface area (Å²) in [4.78, 5) is 20.4. The highest BCUT2D eigenvalue weighted by Gasteiger charge is 2.31. The van der Waals surface area contributed by atoms with E-state index in [-0.39, 0.29) is 18.6 Å². The third-order valence-electron chi connectivity index (χ3n) is 6.03. The molecule has 2 aliphatic heterocycles. The molecule has 2 saturated heterocycles. The van der Waals surface area contributed by atoms with Crippen LogP contribution in [0.3, 0.4) is 0 Å². The summed E-state index contributed by atoms with van der Waals surface area (Å²) in [6, 6.07) is 5.53. The summed E-state index contributed by atoms with van der Waals surface area (Å²) in [6.07, 6.45) is 5.55. The van der Waals surface area contributed by atoms with Gasteiger partial charge in [-0.15, -0.1) is 0 Å². The molecule has 0 atom stereocenters. The number of carbonyl (C=O) groups excluding carboxylic acids is 1. The first kappa shape index (κ1) is 23.1. The first-order valence-corrected chi connectivity index (χ1v) is 13.1. The zero-order chi connectivity index (χ0) is 22.6. The number of sulfonamides is 1. The largest absolute Gasteiger partial charge is 0.467 e. The molecule has 32 heavy (non-hydrogen) atoms. The first-order valence-electron chi connectivity index (χ1n) is 10.7. The van der Waals surface area contributed by atoms with Gasteiger partial charge in [-0.2, -0.15) is 0 Å². The van der Waals surface area contributed by atoms with Crippen molar-refractivity contribution in [1.82, 2.24) is 19.5 Å². The van der Waals surface area contributed by atoms with Crippen LogP contribution in [0, 0.1) is 5.82 Å². The van der Waals surface area contributed by atoms with Gasteiger partial charge < -0.3 is 9.64 Å². The van der Waals surface area contributed by atoms with Gasteiger partial charge in [0.2, 0.25) is 15.9 Å². The molecule has 11 heteroatoms. The summed E-state index contributed by atoms with van der Waals surface area (Å²) in [5.74, 6) is -1.13. The Kier molecular flexibility index (Phi) is 7.39. The van der Waals surface area contributed by atoms with Crippen LogP contribution < -0.4 is 9.46 Å². The number of thiazole rings is 1. The second-order valence-electron chi connectivity index (χ2n) is 8.02. The van der Waals surface area contributed by atoms with Crippen LogP contribution in [0.15, 0.2) is 40.7 Å². The summed E-state index contributed by atoms with van der Waals surface area (Å²) >= 11 is 1.51. The minimum absolute atomic E-state index is 0.196. The molecule has 174 valence electrons. The van der Waals surface area contributed by atoms with E-state index in [1.807, 2.05) is 5.38 Å². The molecule has 1 N–H and O–H groups in total. The standard InChI is InChI=1S/C21H27FN4O4S2/c22-18-3-1-2-4-19(18)32(28,29)24-15-20(27)26-10-5-16(6-11-26)25-12-7-17(8-13-25)30-21-23-9-14-31-21/h1-4,9,14,16-17,24H,5-8,10-13,15H2. The van der Waals surface area contributed by atoms with E-state index in [2.05, 4.69) is 14.6 Å². The molecule has 2 aromatic rings. The topological polar surface area (TPSA) is 91.8 Å². The normalized spacial score (nSPS) is 19.2. The number of piperidine rings is 2. The number of nitrogens with zero attached hydrogens (tertiary/aromatic N) is 3. The molecule has 0 spiro atoms. The van der Waals surface area contributed by atoms with E-state index in [1.54, 1.807) is 11.1 Å². The fourth-order valence-electron chi connectivity index (χ4n) is 4.26. The summed E-state index contributed by atoms with van der Waals surface area (Å²) in [6.45, 7) is 2.70. The van der Waals surface area contributed by atoms with Crippen LogP contribution in [0.4, 0.5) is 4.39 Å². The van der Waals surface area contributed by atoms with E-state index in [0.29, 0.717) is 19.1 Å². The number of likely N-dealkylation sites (tertiary alicyclic amines) is 2. The molecule has 0 aliphatic carbocycles. The third kappa shape index (κ3) is 5.64. The molecule has 8 nitrogen and oxygen atoms in total. The van der Waals surface area contributed by atoms with Crippen molar-refractivity contribution >= 4 is 27.3 Å². The molecule has 3 heterocycles. The lowest BCUT2D eigenvalue weighted by Crippen LogP contribution is -2.51. The molecule has 2 fully saturated rings. The van der Waals surface area contributed by atoms with Crippen LogP contribution in [0.25, 0.3) is 0 Å². The average Bonchev–Trinajstić information content (AvgIpc) is 3.31. The Morgan fingerprint density at radius 3 is 2.53 bits per heavy atom. The van der Waals surface area contributed by atoms with Crippen molar-refractivity contribution < 1.29 is 22.3 Å². The van der Waals surface area contributed by atoms with Gasteiger partial charge in [-0.3, -0.25) is 9.69 Å². The van der Waals surface area contributed by atoms with Crippen molar-refractivity contribution in [2.45, 2.75) is 42.7 Å². The molecular formula is C21H27FN4O4S2. The van der Waals surface area contributed by atoms with Gasteiger partial charge in [0, 0.05) is 43.8 Å². The van der Waals surface area contributed by atoms with E-state index < -0.39 is 20.7 Å². The predicted octanol–water partition coefficient (Wildman–Crippen LogP) is 2.09. The molecule has 0 radical (unpaired) electrons. The highest BCUT2D eigenvalue weighted by molar-refractivity contribution is 7.89. The van der Waals surface area contributed by atoms with E-state index in [1.165, 1.54) is 29.5 Å². The number of rotatable bonds is 7. The third-order valence-corrected chi connectivity index (χ3v) is 8.12. The summed E-state index contributed by atoms with van der Waals surface area (Å²) in [5.41, 5.74) is 0. The van der Waals surface area contributed by atoms with Crippen molar-refractivity contribution in [2.75, 3.05) is 32.7 Å². The van der Waals surface area contributed by atoms with Crippen LogP contribution in [-0.2, 0) is 14.8 Å². The Morgan fingerprint density at radius 1 is 1.16 bits per heavy atom. The highest BCUT2D eigenvalue weighted by atomic mass is 32.2. The Balaban J connectivity index is 1.20. The van der Waals surface area contributed by atoms with Crippen molar-refractivity contribution in [3.8, 4) is 5.19 Å². The molecule has 0 bridgehead atoms. The molecule has 0 saturated carbocycles. The molecule has 1 amide bonds. The Bertz CT molecular complexity index is 1000. The minimum Gasteiger partial charge on any atom is -0.467 e. The Morgan fingerprint density at radius 2 is 1.88 bits per heavy atom. The van der Waals surface area contributed by atoms with Crippen LogP contribution in [0.5, 0.6) is 5.19 Å². The number of carbonyl (C=O) groups is 1. The number of aromatic nitrogens is 1. The van der Waals surface area contributed by atoms with Gasteiger partial charge in [0.1, 0.15) is 16.8 Å². The second-order valence-corrected chi connectivity index (χ2v) is 10.6. The lowest BCUT2D eigenvalue weighted by Gasteiger charge is -2.41. The lowest BCUT2D eigenvalue weighted by atomic mass is 9.99. The van der Waals surface area contributed by atoms with Gasteiger partial charge in [0.05, 0.1) is 6.54 Å². The predicted molar refractivity (Wildman–Crippen MR) is 119 cm³/mol. The van der Waals surface area contributed by atoms with E-state index in [9.17, 15) is 17.6 Å². The van der Waals surface area contributed by atoms with Gasteiger partial charge in [-0.1, -0.05) is 23.5 Å². The molecule has 0 unspecified atom stereocenters. The van der Waals surface area contributed by atoms with E-state index >= 15 is 0 Å². The number of hydrogen-bond donors (Lipinski definition) is 1. The van der Waals surface area contributed by atoms with Gasteiger partial charge in [-0.05, 0) is 37.8 Å². The first-order chi connectivity index (χ1) is 15.4. The van der Waals surface area contributed by atoms with Crippen LogP contribution in [-0.4, -0.2) is 74.0 Å². The van der Waals surface area contributed by atoms with Crippen molar-refractivity contribution in [3.05, 3.63) is 41.7 Å². The van der Waals surface area contributed by atoms with Crippen molar-refractivity contribution in [3.63, 3.8) is 0 Å². The lowest BCUT2D eigenvalue weighted by molar-refractivity contribution is -0.131. The van der Waals surface area contributed by atoms with E-state index in [4.69, 9.17) is 4.74 Å². The quantitative estimate of drug-likeness (QED) is 0.650. The molecule has 1 aromatic carbocycles. The maximum Gasteiger partial charge on any atom is 0.273 e. The van der Waals surface area contributed by atoms with Gasteiger partial charge in [0.15, 0.2) is 0 Å². The summed E-state index contributed by atoms with van der Waals surface area (Å²) < 4.78 is 46.5. The molecular weight excluding hydrogens is 455 g/mol. The van der Waals surface area contributed by atoms with Gasteiger partial charge >= 0.3 is 0 Å². The SMILES string of the molecule is O=C(CNS(=O)(=O)c1ccccc1F)N1CCC(N2CCC(Oc3nccs3)CC2)CC1. The summed E-state index contributed by atoms with van der Waals surface area (Å²) in [5, 5.41) is 2.63. The van der Waals surface area contributed by atoms with Crippen LogP contribution in [0.1, 0.15) is 25.7 Å². The number of nitrogens with one attached hydrogen (secondary N) is 1. The smallest absolute Gasteiger partial charge is 0.273 e.